The molecule has 3 unspecified atom stereocenters. The Kier molecular flexibility index (Phi) is 22.3. The van der Waals surface area contributed by atoms with Crippen LogP contribution in [0.25, 0.3) is 0 Å². The minimum atomic E-state index is -3.73. The van der Waals surface area contributed by atoms with Gasteiger partial charge in [-0.1, -0.05) is 48.5 Å². The van der Waals surface area contributed by atoms with E-state index >= 15 is 0 Å². The van der Waals surface area contributed by atoms with Crippen molar-refractivity contribution in [1.29, 1.82) is 0 Å². The molecule has 7 N–H and O–H groups in total. The molecule has 27 heteroatoms. The second-order valence-corrected chi connectivity index (χ2v) is 30.6. The zero-order chi connectivity index (χ0) is 68.4. The van der Waals surface area contributed by atoms with Gasteiger partial charge in [0, 0.05) is 85.7 Å². The number of benzene rings is 5. The number of carbonyl (C=O) groups is 3. The molecule has 7 saturated heterocycles. The van der Waals surface area contributed by atoms with Crippen molar-refractivity contribution in [2.24, 2.45) is 35.0 Å². The van der Waals surface area contributed by atoms with Crippen molar-refractivity contribution in [1.82, 2.24) is 19.0 Å². The van der Waals surface area contributed by atoms with Crippen LogP contribution in [0.15, 0.2) is 102 Å². The number of halogens is 9. The number of nitrogens with zero attached hydrogens (tertiary/aromatic N) is 4. The third-order valence-corrected chi connectivity index (χ3v) is 23.8. The number of piperidine rings is 3. The van der Waals surface area contributed by atoms with Crippen molar-refractivity contribution in [3.63, 3.8) is 0 Å². The van der Waals surface area contributed by atoms with Gasteiger partial charge in [-0.05, 0) is 174 Å². The number of sulfonamides is 1. The van der Waals surface area contributed by atoms with Gasteiger partial charge < -0.3 is 41.7 Å². The largest absolute Gasteiger partial charge is 0.379 e. The third-order valence-electron chi connectivity index (χ3n) is 20.4. The number of carbonyl (C=O) groups excluding carboxylic acids is 3. The predicted molar refractivity (Wildman–Crippen MR) is 334 cm³/mol. The molecule has 516 valence electrons. The Bertz CT molecular complexity index is 3780. The van der Waals surface area contributed by atoms with Crippen LogP contribution in [0.2, 0.25) is 0 Å². The highest BCUT2D eigenvalue weighted by Gasteiger charge is 2.51. The van der Waals surface area contributed by atoms with E-state index in [0.29, 0.717) is 75.5 Å². The number of sulfone groups is 1. The average molecular weight is 1370 g/mol. The molecule has 7 aliphatic heterocycles. The Labute approximate surface area is 547 Å². The fourth-order valence-electron chi connectivity index (χ4n) is 15.5. The fraction of sp³-hybridized carbons (Fsp3) is 0.515. The van der Waals surface area contributed by atoms with Gasteiger partial charge in [-0.15, -0.1) is 0 Å². The van der Waals surface area contributed by atoms with Crippen LogP contribution < -0.4 is 17.2 Å². The summed E-state index contributed by atoms with van der Waals surface area (Å²) in [4.78, 5) is 44.4. The summed E-state index contributed by atoms with van der Waals surface area (Å²) < 4.78 is 179. The molecular formula is C68H80F9N7O9S2. The van der Waals surface area contributed by atoms with Crippen molar-refractivity contribution in [3.05, 3.63) is 172 Å². The quantitative estimate of drug-likeness (QED) is 0.0508. The van der Waals surface area contributed by atoms with Crippen LogP contribution in [-0.2, 0) is 63.8 Å². The van der Waals surface area contributed by atoms with E-state index in [0.717, 1.165) is 56.7 Å². The molecule has 13 atom stereocenters. The number of hydrogen-bond donors (Lipinski definition) is 4. The Hall–Kier alpha value is -6.46. The lowest BCUT2D eigenvalue weighted by Gasteiger charge is -2.43. The predicted octanol–water partition coefficient (Wildman–Crippen LogP) is 8.27. The van der Waals surface area contributed by atoms with Crippen LogP contribution >= 0.6 is 0 Å². The first-order valence-corrected chi connectivity index (χ1v) is 35.5. The summed E-state index contributed by atoms with van der Waals surface area (Å²) in [6.07, 6.45) is 8.47. The smallest absolute Gasteiger partial charge is 0.259 e. The Balaban J connectivity index is 0.000000155. The minimum Gasteiger partial charge on any atom is -0.379 e. The molecule has 7 fully saturated rings. The van der Waals surface area contributed by atoms with Gasteiger partial charge >= 0.3 is 0 Å². The maximum Gasteiger partial charge on any atom is 0.259 e. The molecule has 0 radical (unpaired) electrons. The van der Waals surface area contributed by atoms with E-state index in [1.165, 1.54) is 23.4 Å². The summed E-state index contributed by atoms with van der Waals surface area (Å²) in [5, 5.41) is 11.0. The molecule has 0 aliphatic carbocycles. The molecule has 0 saturated carbocycles. The SMILES string of the molecule is C[C@](O)(C(=O)N1[C@@H]2CC[C@H]1CC([C@H](N)Cc1cc(F)c(F)cc1F)C2)c1ccccc1.N[C@H](Cc1cc(F)c(F)cc1F)C1C[C@H]2CC[C@@H](C1)N2C(=O)CS(=O)(=O)N1CCOCC1.N[C@H](Cc1cc(F)c(F)cc1F)C1C[C@H]2CC[C@@H](C1)N2C(=O)CS(=O)(=O)c1ccccc1. The van der Waals surface area contributed by atoms with E-state index in [2.05, 4.69) is 0 Å². The molecule has 12 rings (SSSR count). The van der Waals surface area contributed by atoms with E-state index in [9.17, 15) is 75.8 Å². The lowest BCUT2D eigenvalue weighted by atomic mass is 9.81. The fourth-order valence-corrected chi connectivity index (χ4v) is 18.1. The lowest BCUT2D eigenvalue weighted by Crippen LogP contribution is -2.55. The number of ether oxygens (including phenoxy) is 1. The normalized spacial score (nSPS) is 25.7. The molecule has 6 bridgehead atoms. The number of fused-ring (bicyclic) bond motifs is 6. The van der Waals surface area contributed by atoms with Crippen molar-refractivity contribution >= 4 is 37.6 Å². The van der Waals surface area contributed by atoms with E-state index in [4.69, 9.17) is 21.9 Å². The van der Waals surface area contributed by atoms with Crippen molar-refractivity contribution in [3.8, 4) is 0 Å². The van der Waals surface area contributed by atoms with Gasteiger partial charge in [0.05, 0.1) is 18.1 Å². The van der Waals surface area contributed by atoms with Gasteiger partial charge in [0.1, 0.15) is 29.0 Å². The van der Waals surface area contributed by atoms with Crippen LogP contribution in [0.4, 0.5) is 39.5 Å². The molecule has 5 aromatic carbocycles. The summed E-state index contributed by atoms with van der Waals surface area (Å²) in [5.74, 6) is -11.8. The Morgan fingerprint density at radius 2 is 0.800 bits per heavy atom. The van der Waals surface area contributed by atoms with Crippen LogP contribution in [0.1, 0.15) is 106 Å². The van der Waals surface area contributed by atoms with Gasteiger partial charge in [0.25, 0.3) is 5.91 Å². The molecule has 7 aliphatic rings. The van der Waals surface area contributed by atoms with Crippen molar-refractivity contribution in [2.75, 3.05) is 37.8 Å². The standard InChI is InChI=1S/C24H27F3N2O2.C23H25F3N2O3S.C21H28F3N3O4S/c1-24(31,16-5-3-2-4-6-16)23(30)29-17-7-8-18(29)10-15(9-17)22(28)12-14-11-20(26)21(27)13-19(14)25;24-19-12-21(26)20(25)10-14(19)11-22(27)15-8-16-6-7-17(9-15)28(16)23(29)13-32(30,31)18-4-2-1-3-5-18;22-17-11-19(24)18(23)9-13(17)10-20(25)14-7-15-1-2-16(8-14)27(15)21(28)12-32(29,30)26-3-5-31-6-4-26/h2-6,11,13,15,17-18,22,31H,7-10,12,28H2,1H3;1-5,10,12,15-17,22H,6-9,11,13,27H2;9,11,14-16,20H,1-8,10,12,25H2/t15?,17-,18+,22-,24-;15?,16-,17+,22-;14?,15-,16+,20-/m111/s1. The third kappa shape index (κ3) is 16.2. The minimum absolute atomic E-state index is 0.0238. The van der Waals surface area contributed by atoms with Crippen LogP contribution in [0, 0.1) is 70.1 Å². The van der Waals surface area contributed by atoms with Gasteiger partial charge in [0.15, 0.2) is 50.3 Å². The highest BCUT2D eigenvalue weighted by Crippen LogP contribution is 2.45. The molecule has 3 amide bonds. The lowest BCUT2D eigenvalue weighted by molar-refractivity contribution is -0.156. The zero-order valence-electron chi connectivity index (χ0n) is 52.5. The van der Waals surface area contributed by atoms with Gasteiger partial charge in [-0.25, -0.2) is 56.3 Å². The molecule has 7 heterocycles. The second kappa shape index (κ2) is 29.7. The number of aliphatic hydroxyl groups is 1. The summed E-state index contributed by atoms with van der Waals surface area (Å²) in [7, 11) is -7.44. The number of nitrogens with two attached hydrogens (primary N) is 3. The summed E-state index contributed by atoms with van der Waals surface area (Å²) in [6, 6.07) is 18.9. The van der Waals surface area contributed by atoms with E-state index in [-0.39, 0.29) is 114 Å². The van der Waals surface area contributed by atoms with Crippen molar-refractivity contribution < 1.29 is 80.6 Å². The molecule has 0 aromatic heterocycles. The maximum absolute atomic E-state index is 14.0. The number of rotatable bonds is 17. The molecule has 95 heavy (non-hydrogen) atoms. The van der Waals surface area contributed by atoms with E-state index in [1.807, 2.05) is 6.07 Å². The topological polar surface area (TPSA) is 240 Å². The molecule has 5 aromatic rings. The number of morpholine rings is 1. The zero-order valence-corrected chi connectivity index (χ0v) is 54.1. The number of amides is 3. The summed E-state index contributed by atoms with van der Waals surface area (Å²) in [6.45, 7) is 2.66. The second-order valence-electron chi connectivity index (χ2n) is 26.6. The first kappa shape index (κ1) is 71.3. The molecular weight excluding hydrogens is 1290 g/mol. The first-order valence-electron chi connectivity index (χ1n) is 32.2. The highest BCUT2D eigenvalue weighted by atomic mass is 32.2. The Morgan fingerprint density at radius 1 is 0.484 bits per heavy atom. The van der Waals surface area contributed by atoms with Crippen LogP contribution in [0.3, 0.4) is 0 Å². The molecule has 0 spiro atoms. The van der Waals surface area contributed by atoms with E-state index in [1.54, 1.807) is 57.2 Å². The summed E-state index contributed by atoms with van der Waals surface area (Å²) >= 11 is 0. The van der Waals surface area contributed by atoms with E-state index < -0.39 is 119 Å². The Morgan fingerprint density at radius 3 is 1.16 bits per heavy atom. The monoisotopic (exact) mass is 1370 g/mol. The maximum atomic E-state index is 14.0. The number of hydrogen-bond acceptors (Lipinski definition) is 12. The summed E-state index contributed by atoms with van der Waals surface area (Å²) in [5.41, 5.74) is 18.0. The van der Waals surface area contributed by atoms with Gasteiger partial charge in [-0.3, -0.25) is 14.4 Å². The highest BCUT2D eigenvalue weighted by molar-refractivity contribution is 7.92. The van der Waals surface area contributed by atoms with Gasteiger partial charge in [0.2, 0.25) is 21.8 Å². The average Bonchev–Trinajstić information content (AvgIpc) is 1.78. The van der Waals surface area contributed by atoms with Crippen LogP contribution in [0.5, 0.6) is 0 Å². The van der Waals surface area contributed by atoms with Crippen molar-refractivity contribution in [2.45, 2.75) is 168 Å². The van der Waals surface area contributed by atoms with Gasteiger partial charge in [-0.2, -0.15) is 4.31 Å². The molecule has 16 nitrogen and oxygen atoms in total. The van der Waals surface area contributed by atoms with Crippen LogP contribution in [-0.4, -0.2) is 151 Å². The first-order chi connectivity index (χ1) is 45.0.